The van der Waals surface area contributed by atoms with Crippen molar-refractivity contribution >= 4 is 22.8 Å². The number of aromatic nitrogens is 2. The summed E-state index contributed by atoms with van der Waals surface area (Å²) in [4.78, 5) is 20.7. The van der Waals surface area contributed by atoms with Crippen molar-refractivity contribution in [3.8, 4) is 28.2 Å². The molecule has 0 unspecified atom stereocenters. The number of furan rings is 1. The summed E-state index contributed by atoms with van der Waals surface area (Å²) in [6, 6.07) is 13.0. The van der Waals surface area contributed by atoms with Gasteiger partial charge in [-0.05, 0) is 54.8 Å². The molecule has 0 aliphatic heterocycles. The summed E-state index contributed by atoms with van der Waals surface area (Å²) in [5.41, 5.74) is 16.0. The van der Waals surface area contributed by atoms with E-state index >= 15 is 0 Å². The number of fused-ring (bicyclic) bond motifs is 1. The van der Waals surface area contributed by atoms with Gasteiger partial charge < -0.3 is 25.9 Å². The van der Waals surface area contributed by atoms with E-state index in [9.17, 15) is 4.79 Å². The number of amides is 1. The molecule has 174 valence electrons. The molecule has 1 saturated carbocycles. The normalized spacial score (nSPS) is 18.1. The molecule has 2 atom stereocenters. The highest BCUT2D eigenvalue weighted by Gasteiger charge is 2.22. The molecule has 5 N–H and O–H groups in total. The van der Waals surface area contributed by atoms with Crippen LogP contribution < -0.4 is 21.5 Å². The number of nitrogens with two attached hydrogens (primary N) is 2. The van der Waals surface area contributed by atoms with Crippen LogP contribution in [0, 0.1) is 0 Å². The van der Waals surface area contributed by atoms with Gasteiger partial charge in [-0.1, -0.05) is 12.8 Å². The van der Waals surface area contributed by atoms with Gasteiger partial charge in [0, 0.05) is 41.7 Å². The molecular weight excluding hydrogens is 430 g/mol. The topological polar surface area (TPSA) is 129 Å². The number of hydrogen-bond acceptors (Lipinski definition) is 7. The number of anilines is 1. The molecule has 1 fully saturated rings. The lowest BCUT2D eigenvalue weighted by atomic mass is 9.91. The molecular formula is C26H27N5O3. The fraction of sp³-hybridized carbons (Fsp3) is 0.269. The minimum atomic E-state index is -0.520. The zero-order valence-corrected chi connectivity index (χ0v) is 19.0. The molecule has 34 heavy (non-hydrogen) atoms. The van der Waals surface area contributed by atoms with Crippen LogP contribution in [0.25, 0.3) is 33.6 Å². The Kier molecular flexibility index (Phi) is 5.90. The van der Waals surface area contributed by atoms with Crippen LogP contribution in [0.3, 0.4) is 0 Å². The summed E-state index contributed by atoms with van der Waals surface area (Å²) >= 11 is 0. The summed E-state index contributed by atoms with van der Waals surface area (Å²) in [5, 5.41) is 3.51. The van der Waals surface area contributed by atoms with Gasteiger partial charge >= 0.3 is 0 Å². The van der Waals surface area contributed by atoms with Gasteiger partial charge in [-0.25, -0.2) is 4.98 Å². The average molecular weight is 458 g/mol. The Morgan fingerprint density at radius 1 is 1.06 bits per heavy atom. The number of carbonyl (C=O) groups is 1. The molecule has 3 heterocycles. The lowest BCUT2D eigenvalue weighted by Crippen LogP contribution is -2.42. The van der Waals surface area contributed by atoms with Crippen molar-refractivity contribution in [3.05, 3.63) is 60.4 Å². The zero-order valence-electron chi connectivity index (χ0n) is 19.0. The Morgan fingerprint density at radius 3 is 2.68 bits per heavy atom. The SMILES string of the molecule is COc1ccc(C(N)=O)cc1-c1cc2nccc(-c3ccnc(N[C@H]4CCCC[C@H]4N)c3)c2o1. The first-order valence-corrected chi connectivity index (χ1v) is 11.4. The van der Waals surface area contributed by atoms with Crippen LogP contribution in [-0.4, -0.2) is 35.1 Å². The van der Waals surface area contributed by atoms with Crippen molar-refractivity contribution in [1.29, 1.82) is 0 Å². The highest BCUT2D eigenvalue weighted by molar-refractivity contribution is 5.96. The molecule has 1 aromatic carbocycles. The van der Waals surface area contributed by atoms with Crippen LogP contribution in [0.15, 0.2) is 59.3 Å². The summed E-state index contributed by atoms with van der Waals surface area (Å²) in [7, 11) is 1.57. The van der Waals surface area contributed by atoms with Gasteiger partial charge in [0.2, 0.25) is 5.91 Å². The smallest absolute Gasteiger partial charge is 0.248 e. The third-order valence-corrected chi connectivity index (χ3v) is 6.39. The van der Waals surface area contributed by atoms with Crippen LogP contribution in [0.1, 0.15) is 36.0 Å². The Labute approximate surface area is 197 Å². The van der Waals surface area contributed by atoms with Gasteiger partial charge in [0.05, 0.1) is 12.7 Å². The monoisotopic (exact) mass is 457 g/mol. The lowest BCUT2D eigenvalue weighted by molar-refractivity contribution is 0.100. The number of hydrogen-bond donors (Lipinski definition) is 3. The molecule has 1 amide bonds. The van der Waals surface area contributed by atoms with Crippen molar-refractivity contribution in [2.45, 2.75) is 37.8 Å². The molecule has 8 heteroatoms. The predicted octanol–water partition coefficient (Wildman–Crippen LogP) is 4.35. The molecule has 0 saturated heterocycles. The van der Waals surface area contributed by atoms with Crippen molar-refractivity contribution < 1.29 is 13.9 Å². The predicted molar refractivity (Wildman–Crippen MR) is 132 cm³/mol. The quantitative estimate of drug-likeness (QED) is 0.392. The van der Waals surface area contributed by atoms with Gasteiger partial charge in [-0.15, -0.1) is 0 Å². The summed E-state index contributed by atoms with van der Waals surface area (Å²) in [6.45, 7) is 0. The van der Waals surface area contributed by atoms with Crippen LogP contribution in [0.4, 0.5) is 5.82 Å². The van der Waals surface area contributed by atoms with Crippen LogP contribution in [-0.2, 0) is 0 Å². The minimum Gasteiger partial charge on any atom is -0.496 e. The van der Waals surface area contributed by atoms with E-state index in [2.05, 4.69) is 15.3 Å². The Hall–Kier alpha value is -3.91. The summed E-state index contributed by atoms with van der Waals surface area (Å²) in [6.07, 6.45) is 7.94. The second kappa shape index (κ2) is 9.15. The number of primary amides is 1. The maximum Gasteiger partial charge on any atom is 0.248 e. The van der Waals surface area contributed by atoms with E-state index in [1.54, 1.807) is 37.7 Å². The Balaban J connectivity index is 1.53. The van der Waals surface area contributed by atoms with Gasteiger partial charge in [0.1, 0.15) is 22.8 Å². The maximum atomic E-state index is 11.7. The van der Waals surface area contributed by atoms with E-state index in [4.69, 9.17) is 20.6 Å². The van der Waals surface area contributed by atoms with E-state index < -0.39 is 5.91 Å². The standard InChI is InChI=1S/C26H27N5O3/c1-33-22-7-6-16(26(28)32)12-18(22)23-14-21-25(34-23)17(9-11-29-21)15-8-10-30-24(13-15)31-20-5-3-2-4-19(20)27/h6-14,19-20H,2-5,27H2,1H3,(H2,28,32)(H,30,31)/t19-,20+/m1/s1. The van der Waals surface area contributed by atoms with Crippen LogP contribution in [0.2, 0.25) is 0 Å². The molecule has 1 aliphatic carbocycles. The summed E-state index contributed by atoms with van der Waals surface area (Å²) in [5.74, 6) is 1.38. The third-order valence-electron chi connectivity index (χ3n) is 6.39. The molecule has 0 radical (unpaired) electrons. The number of rotatable bonds is 6. The molecule has 3 aromatic heterocycles. The fourth-order valence-corrected chi connectivity index (χ4v) is 4.56. The number of nitrogens with one attached hydrogen (secondary N) is 1. The molecule has 5 rings (SSSR count). The van der Waals surface area contributed by atoms with Crippen molar-refractivity contribution in [2.24, 2.45) is 11.5 Å². The van der Waals surface area contributed by atoms with Gasteiger partial charge in [0.15, 0.2) is 5.58 Å². The first-order valence-electron chi connectivity index (χ1n) is 11.4. The third kappa shape index (κ3) is 4.20. The minimum absolute atomic E-state index is 0.130. The van der Waals surface area contributed by atoms with Crippen molar-refractivity contribution in [2.75, 3.05) is 12.4 Å². The first kappa shape index (κ1) is 21.9. The second-order valence-corrected chi connectivity index (χ2v) is 8.59. The first-order chi connectivity index (χ1) is 16.5. The van der Waals surface area contributed by atoms with Gasteiger partial charge in [-0.2, -0.15) is 0 Å². The average Bonchev–Trinajstić information content (AvgIpc) is 3.29. The number of benzene rings is 1. The van der Waals surface area contributed by atoms with Crippen molar-refractivity contribution in [1.82, 2.24) is 9.97 Å². The van der Waals surface area contributed by atoms with Crippen LogP contribution >= 0.6 is 0 Å². The largest absolute Gasteiger partial charge is 0.496 e. The molecule has 0 bridgehead atoms. The highest BCUT2D eigenvalue weighted by Crippen LogP contribution is 2.38. The Morgan fingerprint density at radius 2 is 1.88 bits per heavy atom. The number of methoxy groups -OCH3 is 1. The number of carbonyl (C=O) groups excluding carboxylic acids is 1. The highest BCUT2D eigenvalue weighted by atomic mass is 16.5. The molecule has 1 aliphatic rings. The number of pyridine rings is 2. The molecule has 8 nitrogen and oxygen atoms in total. The Bertz CT molecular complexity index is 1350. The van der Waals surface area contributed by atoms with E-state index in [0.717, 1.165) is 29.8 Å². The van der Waals surface area contributed by atoms with Gasteiger partial charge in [0.25, 0.3) is 0 Å². The molecule has 0 spiro atoms. The lowest BCUT2D eigenvalue weighted by Gasteiger charge is -2.29. The van der Waals surface area contributed by atoms with E-state index in [-0.39, 0.29) is 12.1 Å². The zero-order chi connectivity index (χ0) is 23.7. The van der Waals surface area contributed by atoms with E-state index in [0.29, 0.717) is 33.7 Å². The van der Waals surface area contributed by atoms with E-state index in [1.807, 2.05) is 24.3 Å². The number of ether oxygens (including phenoxy) is 1. The second-order valence-electron chi connectivity index (χ2n) is 8.59. The maximum absolute atomic E-state index is 11.7. The number of nitrogens with zero attached hydrogens (tertiary/aromatic N) is 2. The van der Waals surface area contributed by atoms with Gasteiger partial charge in [-0.3, -0.25) is 9.78 Å². The van der Waals surface area contributed by atoms with E-state index in [1.165, 1.54) is 12.8 Å². The molecule has 4 aromatic rings. The summed E-state index contributed by atoms with van der Waals surface area (Å²) < 4.78 is 11.8. The fourth-order valence-electron chi connectivity index (χ4n) is 4.56. The van der Waals surface area contributed by atoms with Crippen LogP contribution in [0.5, 0.6) is 5.75 Å². The van der Waals surface area contributed by atoms with Crippen molar-refractivity contribution in [3.63, 3.8) is 0 Å².